The smallest absolute Gasteiger partial charge is 0.105 e. The van der Waals surface area contributed by atoms with Crippen LogP contribution >= 0.6 is 11.6 Å². The van der Waals surface area contributed by atoms with Gasteiger partial charge in [0, 0.05) is 5.02 Å². The van der Waals surface area contributed by atoms with E-state index in [9.17, 15) is 5.11 Å². The number of halogens is 1. The second kappa shape index (κ2) is 4.30. The molecule has 2 nitrogen and oxygen atoms in total. The maximum atomic E-state index is 9.46. The number of hydrogen-bond donors (Lipinski definition) is 2. The van der Waals surface area contributed by atoms with E-state index in [1.807, 2.05) is 24.3 Å². The fraction of sp³-hybridized carbons (Fsp3) is 0.455. The topological polar surface area (TPSA) is 32.3 Å². The number of aliphatic hydroxyl groups is 1. The zero-order valence-electron chi connectivity index (χ0n) is 7.91. The van der Waals surface area contributed by atoms with E-state index in [0.717, 1.165) is 24.4 Å². The largest absolute Gasteiger partial charge is 0.379 e. The molecule has 0 aliphatic carbocycles. The third kappa shape index (κ3) is 2.27. The molecule has 2 N–H and O–H groups in total. The Balaban J connectivity index is 2.10. The van der Waals surface area contributed by atoms with Crippen molar-refractivity contribution < 1.29 is 5.11 Å². The molecule has 0 radical (unpaired) electrons. The maximum Gasteiger partial charge on any atom is 0.105 e. The average Bonchev–Trinajstić information content (AvgIpc) is 2.19. The molecule has 0 amide bonds. The first-order valence-electron chi connectivity index (χ1n) is 4.92. The molecule has 14 heavy (non-hydrogen) atoms. The van der Waals surface area contributed by atoms with Crippen molar-refractivity contribution in [2.75, 3.05) is 6.54 Å². The van der Waals surface area contributed by atoms with Crippen molar-refractivity contribution in [2.45, 2.75) is 25.0 Å². The van der Waals surface area contributed by atoms with Gasteiger partial charge in [-0.05, 0) is 43.0 Å². The molecule has 0 saturated carbocycles. The minimum absolute atomic E-state index is 0.357. The Labute approximate surface area is 88.9 Å². The second-order valence-corrected chi connectivity index (χ2v) is 4.18. The summed E-state index contributed by atoms with van der Waals surface area (Å²) in [5.74, 6) is 0.462. The number of aliphatic hydroxyl groups excluding tert-OH is 1. The minimum Gasteiger partial charge on any atom is -0.379 e. The molecule has 3 heteroatoms. The molecule has 1 heterocycles. The van der Waals surface area contributed by atoms with Crippen LogP contribution in [0.3, 0.4) is 0 Å². The molecular weight excluding hydrogens is 198 g/mol. The summed E-state index contributed by atoms with van der Waals surface area (Å²) < 4.78 is 0. The van der Waals surface area contributed by atoms with Crippen molar-refractivity contribution >= 4 is 11.6 Å². The van der Waals surface area contributed by atoms with E-state index in [2.05, 4.69) is 5.32 Å². The standard InChI is InChI=1S/C11H14ClNO/c12-10-3-1-8(2-4-10)9-5-6-13-11(14)7-9/h1-4,9,11,13-14H,5-7H2. The molecule has 0 spiro atoms. The van der Waals surface area contributed by atoms with Crippen LogP contribution in [0.1, 0.15) is 24.3 Å². The van der Waals surface area contributed by atoms with E-state index in [1.54, 1.807) is 0 Å². The Morgan fingerprint density at radius 1 is 1.29 bits per heavy atom. The van der Waals surface area contributed by atoms with Crippen LogP contribution in [0, 0.1) is 0 Å². The molecule has 1 saturated heterocycles. The van der Waals surface area contributed by atoms with Crippen LogP contribution in [0.15, 0.2) is 24.3 Å². The van der Waals surface area contributed by atoms with Crippen molar-refractivity contribution in [3.05, 3.63) is 34.9 Å². The van der Waals surface area contributed by atoms with Crippen LogP contribution < -0.4 is 5.32 Å². The van der Waals surface area contributed by atoms with Gasteiger partial charge in [0.05, 0.1) is 0 Å². The number of piperidine rings is 1. The van der Waals surface area contributed by atoms with E-state index in [0.29, 0.717) is 5.92 Å². The monoisotopic (exact) mass is 211 g/mol. The lowest BCUT2D eigenvalue weighted by Crippen LogP contribution is -2.36. The predicted molar refractivity (Wildman–Crippen MR) is 57.4 cm³/mol. The Kier molecular flexibility index (Phi) is 3.06. The first-order valence-corrected chi connectivity index (χ1v) is 5.30. The summed E-state index contributed by atoms with van der Waals surface area (Å²) in [4.78, 5) is 0. The van der Waals surface area contributed by atoms with Crippen molar-refractivity contribution in [1.29, 1.82) is 0 Å². The third-order valence-electron chi connectivity index (χ3n) is 2.72. The Hall–Kier alpha value is -0.570. The predicted octanol–water partition coefficient (Wildman–Crippen LogP) is 2.13. The number of hydrogen-bond acceptors (Lipinski definition) is 2. The zero-order chi connectivity index (χ0) is 9.97. The van der Waals surface area contributed by atoms with Crippen molar-refractivity contribution in [3.63, 3.8) is 0 Å². The van der Waals surface area contributed by atoms with Gasteiger partial charge in [0.25, 0.3) is 0 Å². The molecule has 1 aromatic rings. The normalized spacial score (nSPS) is 27.6. The highest BCUT2D eigenvalue weighted by molar-refractivity contribution is 6.30. The van der Waals surface area contributed by atoms with E-state index in [1.165, 1.54) is 5.56 Å². The van der Waals surface area contributed by atoms with Crippen molar-refractivity contribution in [3.8, 4) is 0 Å². The first-order chi connectivity index (χ1) is 6.75. The summed E-state index contributed by atoms with van der Waals surface area (Å²) in [6.07, 6.45) is 1.52. The summed E-state index contributed by atoms with van der Waals surface area (Å²) in [7, 11) is 0. The molecular formula is C11H14ClNO. The van der Waals surface area contributed by atoms with Gasteiger partial charge in [-0.1, -0.05) is 23.7 Å². The van der Waals surface area contributed by atoms with Crippen molar-refractivity contribution in [2.24, 2.45) is 0 Å². The van der Waals surface area contributed by atoms with Crippen LogP contribution in [-0.2, 0) is 0 Å². The van der Waals surface area contributed by atoms with Gasteiger partial charge >= 0.3 is 0 Å². The van der Waals surface area contributed by atoms with E-state index >= 15 is 0 Å². The first kappa shape index (κ1) is 9.97. The van der Waals surface area contributed by atoms with Gasteiger partial charge in [0.15, 0.2) is 0 Å². The maximum absolute atomic E-state index is 9.46. The SMILES string of the molecule is OC1CC(c2ccc(Cl)cc2)CCN1. The Morgan fingerprint density at radius 2 is 2.00 bits per heavy atom. The van der Waals surface area contributed by atoms with Gasteiger partial charge in [0.1, 0.15) is 6.23 Å². The van der Waals surface area contributed by atoms with Crippen LogP contribution in [0.25, 0.3) is 0 Å². The number of benzene rings is 1. The third-order valence-corrected chi connectivity index (χ3v) is 2.97. The summed E-state index contributed by atoms with van der Waals surface area (Å²) >= 11 is 5.82. The molecule has 1 fully saturated rings. The molecule has 1 aliphatic rings. The molecule has 1 aliphatic heterocycles. The Bertz CT molecular complexity index is 299. The Morgan fingerprint density at radius 3 is 2.64 bits per heavy atom. The van der Waals surface area contributed by atoms with E-state index < -0.39 is 0 Å². The highest BCUT2D eigenvalue weighted by Crippen LogP contribution is 2.27. The number of nitrogens with one attached hydrogen (secondary N) is 1. The molecule has 0 bridgehead atoms. The summed E-state index contributed by atoms with van der Waals surface area (Å²) in [6.45, 7) is 0.883. The quantitative estimate of drug-likeness (QED) is 0.746. The summed E-state index contributed by atoms with van der Waals surface area (Å²) in [5.41, 5.74) is 1.27. The number of rotatable bonds is 1. The highest BCUT2D eigenvalue weighted by atomic mass is 35.5. The van der Waals surface area contributed by atoms with Crippen LogP contribution in [0.2, 0.25) is 5.02 Å². The lowest BCUT2D eigenvalue weighted by atomic mass is 9.89. The molecule has 0 aromatic heterocycles. The van der Waals surface area contributed by atoms with Gasteiger partial charge in [-0.15, -0.1) is 0 Å². The van der Waals surface area contributed by atoms with Crippen LogP contribution in [0.4, 0.5) is 0 Å². The summed E-state index contributed by atoms with van der Waals surface area (Å²) in [6, 6.07) is 7.91. The summed E-state index contributed by atoms with van der Waals surface area (Å²) in [5, 5.41) is 13.2. The second-order valence-electron chi connectivity index (χ2n) is 3.74. The molecule has 2 atom stereocenters. The highest BCUT2D eigenvalue weighted by Gasteiger charge is 2.20. The molecule has 2 unspecified atom stereocenters. The molecule has 2 rings (SSSR count). The van der Waals surface area contributed by atoms with Gasteiger partial charge in [-0.2, -0.15) is 0 Å². The lowest BCUT2D eigenvalue weighted by molar-refractivity contribution is 0.0978. The fourth-order valence-corrected chi connectivity index (χ4v) is 2.06. The van der Waals surface area contributed by atoms with Gasteiger partial charge in [0.2, 0.25) is 0 Å². The minimum atomic E-state index is -0.357. The molecule has 76 valence electrons. The van der Waals surface area contributed by atoms with Crippen LogP contribution in [0.5, 0.6) is 0 Å². The van der Waals surface area contributed by atoms with E-state index in [4.69, 9.17) is 11.6 Å². The lowest BCUT2D eigenvalue weighted by Gasteiger charge is -2.27. The fourth-order valence-electron chi connectivity index (χ4n) is 1.93. The van der Waals surface area contributed by atoms with E-state index in [-0.39, 0.29) is 6.23 Å². The van der Waals surface area contributed by atoms with Crippen LogP contribution in [-0.4, -0.2) is 17.9 Å². The molecule has 1 aromatic carbocycles. The zero-order valence-corrected chi connectivity index (χ0v) is 8.67. The van der Waals surface area contributed by atoms with Crippen molar-refractivity contribution in [1.82, 2.24) is 5.32 Å². The average molecular weight is 212 g/mol. The van der Waals surface area contributed by atoms with Gasteiger partial charge in [-0.3, -0.25) is 5.32 Å². The van der Waals surface area contributed by atoms with Gasteiger partial charge in [-0.25, -0.2) is 0 Å². The van der Waals surface area contributed by atoms with Gasteiger partial charge < -0.3 is 5.11 Å².